The first-order valence-electron chi connectivity index (χ1n) is 22.1. The molecule has 0 amide bonds. The maximum Gasteiger partial charge on any atom is 0.0158 e. The molecule has 2 saturated carbocycles. The van der Waals surface area contributed by atoms with E-state index in [0.29, 0.717) is 0 Å². The van der Waals surface area contributed by atoms with Crippen molar-refractivity contribution in [2.75, 3.05) is 0 Å². The molecular weight excluding hydrogens is 657 g/mol. The van der Waals surface area contributed by atoms with Crippen molar-refractivity contribution in [2.24, 2.45) is 11.8 Å². The highest BCUT2D eigenvalue weighted by Crippen LogP contribution is 2.39. The molecule has 53 heavy (non-hydrogen) atoms. The van der Waals surface area contributed by atoms with Crippen LogP contribution in [-0.2, 0) is 25.7 Å². The Balaban J connectivity index is 1.23. The normalized spacial score (nSPS) is 20.5. The zero-order valence-electron chi connectivity index (χ0n) is 33.9. The lowest BCUT2D eigenvalue weighted by Crippen LogP contribution is -2.10. The van der Waals surface area contributed by atoms with Gasteiger partial charge in [-0.05, 0) is 145 Å². The summed E-state index contributed by atoms with van der Waals surface area (Å²) < 4.78 is 0. The first-order chi connectivity index (χ1) is 26.0. The van der Waals surface area contributed by atoms with Gasteiger partial charge in [0.15, 0.2) is 0 Å². The van der Waals surface area contributed by atoms with Gasteiger partial charge in [0.25, 0.3) is 0 Å². The second-order valence-corrected chi connectivity index (χ2v) is 18.4. The predicted octanol–water partition coefficient (Wildman–Crippen LogP) is 15.9. The molecule has 0 nitrogen and oxygen atoms in total. The van der Waals surface area contributed by atoms with E-state index in [1.165, 1.54) is 159 Å². The molecule has 0 spiro atoms. The Morgan fingerprint density at radius 2 is 0.811 bits per heavy atom. The molecule has 0 unspecified atom stereocenters. The van der Waals surface area contributed by atoms with Crippen LogP contribution < -0.4 is 0 Å². The fraction of sp³-hybridized carbons (Fsp3) is 0.538. The van der Waals surface area contributed by atoms with Crippen molar-refractivity contribution in [3.8, 4) is 0 Å². The summed E-state index contributed by atoms with van der Waals surface area (Å²) in [6.45, 7) is 9.47. The van der Waals surface area contributed by atoms with Crippen molar-refractivity contribution in [2.45, 2.75) is 178 Å². The summed E-state index contributed by atoms with van der Waals surface area (Å²) in [4.78, 5) is 2.85. The molecule has 2 aliphatic carbocycles. The molecule has 0 aliphatic heterocycles. The van der Waals surface area contributed by atoms with Gasteiger partial charge < -0.3 is 0 Å². The lowest BCUT2D eigenvalue weighted by molar-refractivity contribution is 0.348. The van der Waals surface area contributed by atoms with E-state index >= 15 is 0 Å². The third-order valence-electron chi connectivity index (χ3n) is 12.8. The van der Waals surface area contributed by atoms with E-state index in [1.807, 2.05) is 11.8 Å². The van der Waals surface area contributed by atoms with Crippen LogP contribution in [0.2, 0.25) is 0 Å². The lowest BCUT2D eigenvalue weighted by atomic mass is 9.79. The molecule has 0 atom stereocenters. The molecule has 2 aliphatic rings. The summed E-state index contributed by atoms with van der Waals surface area (Å²) in [6, 6.07) is 34.4. The second-order valence-electron chi connectivity index (χ2n) is 17.4. The van der Waals surface area contributed by atoms with Crippen molar-refractivity contribution < 1.29 is 0 Å². The molecular formula is C52H70S. The summed E-state index contributed by atoms with van der Waals surface area (Å²) in [5.41, 5.74) is 12.0. The van der Waals surface area contributed by atoms with Gasteiger partial charge in [0.05, 0.1) is 0 Å². The van der Waals surface area contributed by atoms with E-state index in [0.717, 1.165) is 36.5 Å². The van der Waals surface area contributed by atoms with Gasteiger partial charge in [-0.1, -0.05) is 176 Å². The first kappa shape index (κ1) is 39.9. The smallest absolute Gasteiger partial charge is 0.0158 e. The quantitative estimate of drug-likeness (QED) is 0.0920. The summed E-state index contributed by atoms with van der Waals surface area (Å²) in [6.07, 6.45) is 25.8. The molecule has 0 bridgehead atoms. The summed E-state index contributed by atoms with van der Waals surface area (Å²) in [7, 11) is 0. The predicted molar refractivity (Wildman–Crippen MR) is 232 cm³/mol. The number of unbranched alkanes of at least 4 members (excludes halogenated alkanes) is 6. The van der Waals surface area contributed by atoms with Gasteiger partial charge in [-0.2, -0.15) is 0 Å². The largest absolute Gasteiger partial charge is 0.0895 e. The Hall–Kier alpha value is -2.77. The van der Waals surface area contributed by atoms with E-state index < -0.39 is 0 Å². The first-order valence-corrected chi connectivity index (χ1v) is 22.9. The standard InChI is InChI=1S/C52H70S/c1-5-7-9-11-13-41-23-33-51(49(35-41)37-43-19-29-47(30-20-43)45-25-15-39(3)16-26-45)53-52-34-24-42(14-12-10-8-6-2)36-50(52)38-44-21-31-48(32-22-44)46-27-17-40(4)18-28-46/h19-24,29-36,39-40,45-46H,5-18,25-28,37-38H2,1-4H3. The molecule has 0 heterocycles. The van der Waals surface area contributed by atoms with Crippen LogP contribution in [0, 0.1) is 11.8 Å². The van der Waals surface area contributed by atoms with Crippen LogP contribution >= 0.6 is 11.8 Å². The number of rotatable bonds is 18. The van der Waals surface area contributed by atoms with Crippen molar-refractivity contribution in [1.29, 1.82) is 0 Å². The van der Waals surface area contributed by atoms with Crippen molar-refractivity contribution in [3.63, 3.8) is 0 Å². The number of hydrogen-bond donors (Lipinski definition) is 0. The lowest BCUT2D eigenvalue weighted by Gasteiger charge is -2.26. The average Bonchev–Trinajstić information content (AvgIpc) is 3.18. The molecule has 1 heteroatoms. The minimum absolute atomic E-state index is 0.748. The highest BCUT2D eigenvalue weighted by molar-refractivity contribution is 7.99. The average molecular weight is 727 g/mol. The van der Waals surface area contributed by atoms with Crippen LogP contribution in [0.1, 0.15) is 187 Å². The van der Waals surface area contributed by atoms with Crippen molar-refractivity contribution >= 4 is 11.8 Å². The molecule has 0 saturated heterocycles. The van der Waals surface area contributed by atoms with E-state index in [-0.39, 0.29) is 0 Å². The Kier molecular flexibility index (Phi) is 15.6. The maximum atomic E-state index is 2.55. The van der Waals surface area contributed by atoms with E-state index in [1.54, 1.807) is 11.1 Å². The molecule has 6 rings (SSSR count). The van der Waals surface area contributed by atoms with Gasteiger partial charge in [-0.15, -0.1) is 0 Å². The van der Waals surface area contributed by atoms with Gasteiger partial charge in [0, 0.05) is 9.79 Å². The molecule has 284 valence electrons. The van der Waals surface area contributed by atoms with Crippen LogP contribution in [-0.4, -0.2) is 0 Å². The molecule has 4 aromatic carbocycles. The minimum Gasteiger partial charge on any atom is -0.0895 e. The Morgan fingerprint density at radius 3 is 1.19 bits per heavy atom. The maximum absolute atomic E-state index is 2.55. The fourth-order valence-corrected chi connectivity index (χ4v) is 10.2. The van der Waals surface area contributed by atoms with Crippen LogP contribution in [0.15, 0.2) is 94.7 Å². The van der Waals surface area contributed by atoms with Crippen molar-refractivity contribution in [3.05, 3.63) is 129 Å². The molecule has 0 aromatic heterocycles. The van der Waals surface area contributed by atoms with Crippen molar-refractivity contribution in [1.82, 2.24) is 0 Å². The summed E-state index contributed by atoms with van der Waals surface area (Å²) >= 11 is 2.01. The zero-order valence-corrected chi connectivity index (χ0v) is 34.8. The third kappa shape index (κ3) is 12.1. The van der Waals surface area contributed by atoms with E-state index in [2.05, 4.69) is 113 Å². The van der Waals surface area contributed by atoms with E-state index in [9.17, 15) is 0 Å². The molecule has 4 aromatic rings. The highest BCUT2D eigenvalue weighted by atomic mass is 32.2. The van der Waals surface area contributed by atoms with E-state index in [4.69, 9.17) is 0 Å². The third-order valence-corrected chi connectivity index (χ3v) is 14.1. The minimum atomic E-state index is 0.748. The Bertz CT molecular complexity index is 1520. The number of benzene rings is 4. The van der Waals surface area contributed by atoms with Gasteiger partial charge in [0.1, 0.15) is 0 Å². The zero-order chi connectivity index (χ0) is 36.8. The second kappa shape index (κ2) is 20.8. The summed E-state index contributed by atoms with van der Waals surface area (Å²) in [5, 5.41) is 0. The van der Waals surface area contributed by atoms with Crippen LogP contribution in [0.3, 0.4) is 0 Å². The Labute approximate surface area is 329 Å². The molecule has 0 N–H and O–H groups in total. The monoisotopic (exact) mass is 727 g/mol. The molecule has 2 fully saturated rings. The van der Waals surface area contributed by atoms with Gasteiger partial charge in [0.2, 0.25) is 0 Å². The number of aryl methyl sites for hydroxylation is 2. The highest BCUT2D eigenvalue weighted by Gasteiger charge is 2.21. The Morgan fingerprint density at radius 1 is 0.434 bits per heavy atom. The topological polar surface area (TPSA) is 0 Å². The van der Waals surface area contributed by atoms with Crippen LogP contribution in [0.4, 0.5) is 0 Å². The van der Waals surface area contributed by atoms with Crippen LogP contribution in [0.25, 0.3) is 0 Å². The number of hydrogen-bond acceptors (Lipinski definition) is 1. The van der Waals surface area contributed by atoms with Gasteiger partial charge in [-0.3, -0.25) is 0 Å². The van der Waals surface area contributed by atoms with Gasteiger partial charge >= 0.3 is 0 Å². The molecule has 0 radical (unpaired) electrons. The SMILES string of the molecule is CCCCCCc1ccc(Sc2ccc(CCCCCC)cc2Cc2ccc(C3CCC(C)CC3)cc2)c(Cc2ccc(C3CCC(C)CC3)cc2)c1. The fourth-order valence-electron chi connectivity index (χ4n) is 9.12. The van der Waals surface area contributed by atoms with Crippen LogP contribution in [0.5, 0.6) is 0 Å². The summed E-state index contributed by atoms with van der Waals surface area (Å²) in [5.74, 6) is 3.29. The van der Waals surface area contributed by atoms with Gasteiger partial charge in [-0.25, -0.2) is 0 Å².